The number of benzene rings is 2. The Balaban J connectivity index is 1.34. The van der Waals surface area contributed by atoms with E-state index in [0.29, 0.717) is 25.2 Å². The fourth-order valence-corrected chi connectivity index (χ4v) is 4.27. The van der Waals surface area contributed by atoms with Crippen molar-refractivity contribution in [3.05, 3.63) is 70.5 Å². The predicted octanol–water partition coefficient (Wildman–Crippen LogP) is 3.61. The number of para-hydroxylation sites is 1. The van der Waals surface area contributed by atoms with Crippen molar-refractivity contribution < 1.29 is 9.53 Å². The number of pyridine rings is 1. The van der Waals surface area contributed by atoms with Gasteiger partial charge < -0.3 is 24.9 Å². The number of hydrogen-bond donors (Lipinski definition) is 3. The molecule has 0 saturated carbocycles. The van der Waals surface area contributed by atoms with Crippen LogP contribution in [0.15, 0.2) is 59.4 Å². The summed E-state index contributed by atoms with van der Waals surface area (Å²) in [4.78, 5) is 32.3. The average molecular weight is 416 g/mol. The van der Waals surface area contributed by atoms with Crippen molar-refractivity contribution in [2.75, 3.05) is 20.2 Å². The highest BCUT2D eigenvalue weighted by molar-refractivity contribution is 5.89. The quantitative estimate of drug-likeness (QED) is 0.474. The molecule has 158 valence electrons. The monoisotopic (exact) mass is 416 g/mol. The number of aromatic amines is 2. The van der Waals surface area contributed by atoms with E-state index in [1.165, 1.54) is 7.11 Å². The van der Waals surface area contributed by atoms with Crippen LogP contribution in [-0.2, 0) is 11.3 Å². The first-order valence-corrected chi connectivity index (χ1v) is 10.4. The van der Waals surface area contributed by atoms with Gasteiger partial charge in [-0.15, -0.1) is 0 Å². The molecule has 1 aliphatic rings. The second kappa shape index (κ2) is 7.92. The molecule has 1 saturated heterocycles. The predicted molar refractivity (Wildman–Crippen MR) is 121 cm³/mol. The molecule has 0 bridgehead atoms. The topological polar surface area (TPSA) is 90.2 Å². The molecule has 0 radical (unpaired) electrons. The molecule has 1 aliphatic heterocycles. The molecular weight excluding hydrogens is 392 g/mol. The summed E-state index contributed by atoms with van der Waals surface area (Å²) in [5.74, 6) is 0. The molecule has 31 heavy (non-hydrogen) atoms. The van der Waals surface area contributed by atoms with Crippen LogP contribution in [0.2, 0.25) is 0 Å². The van der Waals surface area contributed by atoms with E-state index in [9.17, 15) is 9.59 Å². The fraction of sp³-hybridized carbons (Fsp3) is 0.250. The van der Waals surface area contributed by atoms with E-state index in [-0.39, 0.29) is 17.7 Å². The number of H-pyrrole nitrogens is 2. The van der Waals surface area contributed by atoms with E-state index in [2.05, 4.69) is 27.4 Å². The van der Waals surface area contributed by atoms with Gasteiger partial charge in [-0.2, -0.15) is 0 Å². The third kappa shape index (κ3) is 3.80. The number of rotatable bonds is 4. The Morgan fingerprint density at radius 1 is 1.10 bits per heavy atom. The second-order valence-corrected chi connectivity index (χ2v) is 7.99. The molecule has 1 atom stereocenters. The molecule has 5 rings (SSSR count). The van der Waals surface area contributed by atoms with Gasteiger partial charge in [0.2, 0.25) is 0 Å². The van der Waals surface area contributed by atoms with E-state index in [1.807, 2.05) is 42.5 Å². The molecule has 7 nitrogen and oxygen atoms in total. The van der Waals surface area contributed by atoms with Crippen molar-refractivity contribution in [2.24, 2.45) is 0 Å². The first-order valence-electron chi connectivity index (χ1n) is 10.4. The minimum absolute atomic E-state index is 0.108. The highest BCUT2D eigenvalue weighted by Gasteiger charge is 2.26. The van der Waals surface area contributed by atoms with Gasteiger partial charge in [0.15, 0.2) is 0 Å². The van der Waals surface area contributed by atoms with Crippen LogP contribution in [-0.4, -0.2) is 47.2 Å². The Kier molecular flexibility index (Phi) is 4.95. The number of nitrogens with zero attached hydrogens (tertiary/aromatic N) is 1. The molecule has 1 amide bonds. The third-order valence-corrected chi connectivity index (χ3v) is 5.94. The molecule has 4 aromatic rings. The normalized spacial score (nSPS) is 16.3. The van der Waals surface area contributed by atoms with E-state index < -0.39 is 0 Å². The average Bonchev–Trinajstić information content (AvgIpc) is 3.43. The number of fused-ring (bicyclic) bond motifs is 2. The van der Waals surface area contributed by atoms with Gasteiger partial charge >= 0.3 is 6.09 Å². The Morgan fingerprint density at radius 2 is 1.94 bits per heavy atom. The molecule has 1 unspecified atom stereocenters. The Morgan fingerprint density at radius 3 is 2.81 bits per heavy atom. The van der Waals surface area contributed by atoms with Gasteiger partial charge in [-0.3, -0.25) is 4.79 Å². The highest BCUT2D eigenvalue weighted by atomic mass is 16.5. The number of hydrogen-bond acceptors (Lipinski definition) is 4. The summed E-state index contributed by atoms with van der Waals surface area (Å²) in [5, 5.41) is 5.58. The fourth-order valence-electron chi connectivity index (χ4n) is 4.27. The van der Waals surface area contributed by atoms with Gasteiger partial charge in [-0.1, -0.05) is 24.3 Å². The number of ether oxygens (including phenoxy) is 1. The number of aromatic nitrogens is 2. The van der Waals surface area contributed by atoms with Crippen molar-refractivity contribution in [1.82, 2.24) is 20.2 Å². The van der Waals surface area contributed by atoms with Crippen molar-refractivity contribution in [1.29, 1.82) is 0 Å². The zero-order chi connectivity index (χ0) is 21.4. The van der Waals surface area contributed by atoms with Crippen LogP contribution in [0, 0.1) is 0 Å². The number of amides is 1. The second-order valence-electron chi connectivity index (χ2n) is 7.99. The minimum Gasteiger partial charge on any atom is -0.453 e. The first kappa shape index (κ1) is 19.4. The summed E-state index contributed by atoms with van der Waals surface area (Å²) in [6.07, 6.45) is 0.644. The third-order valence-electron chi connectivity index (χ3n) is 5.94. The lowest BCUT2D eigenvalue weighted by Gasteiger charge is -2.15. The molecule has 7 heteroatoms. The molecule has 0 spiro atoms. The van der Waals surface area contributed by atoms with Crippen LogP contribution in [0.5, 0.6) is 0 Å². The Bertz CT molecular complexity index is 1320. The molecule has 0 aliphatic carbocycles. The smallest absolute Gasteiger partial charge is 0.409 e. The number of methoxy groups -OCH3 is 1. The molecule has 2 aromatic heterocycles. The summed E-state index contributed by atoms with van der Waals surface area (Å²) in [7, 11) is 1.41. The van der Waals surface area contributed by atoms with Crippen molar-refractivity contribution >= 4 is 27.9 Å². The number of likely N-dealkylation sites (tertiary alicyclic amines) is 1. The van der Waals surface area contributed by atoms with Gasteiger partial charge in [0.05, 0.1) is 18.4 Å². The SMILES string of the molecule is COC(=O)N1CCC(NCc2ccc3[nH]c(-c4cc5ccccc5[nH]c4=O)cc3c2)C1. The van der Waals surface area contributed by atoms with Crippen LogP contribution in [0.4, 0.5) is 4.79 Å². The molecule has 1 fully saturated rings. The van der Waals surface area contributed by atoms with Gasteiger partial charge in [0.25, 0.3) is 5.56 Å². The van der Waals surface area contributed by atoms with E-state index >= 15 is 0 Å². The summed E-state index contributed by atoms with van der Waals surface area (Å²) >= 11 is 0. The lowest BCUT2D eigenvalue weighted by Crippen LogP contribution is -2.34. The lowest BCUT2D eigenvalue weighted by molar-refractivity contribution is 0.132. The van der Waals surface area contributed by atoms with Crippen LogP contribution < -0.4 is 10.9 Å². The maximum absolute atomic E-state index is 12.6. The standard InChI is InChI=1S/C24H24N4O3/c1-31-24(30)28-9-8-18(14-28)25-13-15-6-7-21-17(10-15)12-22(26-21)19-11-16-4-2-3-5-20(16)27-23(19)29/h2-7,10-12,18,25-26H,8-9,13-14H2,1H3,(H,27,29). The van der Waals surface area contributed by atoms with Crippen molar-refractivity contribution in [3.8, 4) is 11.3 Å². The highest BCUT2D eigenvalue weighted by Crippen LogP contribution is 2.25. The van der Waals surface area contributed by atoms with Gasteiger partial charge in [0.1, 0.15) is 0 Å². The van der Waals surface area contributed by atoms with Crippen molar-refractivity contribution in [3.63, 3.8) is 0 Å². The van der Waals surface area contributed by atoms with Gasteiger partial charge in [-0.25, -0.2) is 4.79 Å². The Hall–Kier alpha value is -3.58. The van der Waals surface area contributed by atoms with Gasteiger partial charge in [-0.05, 0) is 47.7 Å². The van der Waals surface area contributed by atoms with Gasteiger partial charge in [0, 0.05) is 42.1 Å². The molecule has 2 aromatic carbocycles. The lowest BCUT2D eigenvalue weighted by atomic mass is 10.1. The number of carbonyl (C=O) groups is 1. The number of nitrogens with one attached hydrogen (secondary N) is 3. The largest absolute Gasteiger partial charge is 0.453 e. The summed E-state index contributed by atoms with van der Waals surface area (Å²) in [6.45, 7) is 2.09. The van der Waals surface area contributed by atoms with E-state index in [4.69, 9.17) is 4.74 Å². The van der Waals surface area contributed by atoms with Crippen molar-refractivity contribution in [2.45, 2.75) is 19.0 Å². The minimum atomic E-state index is -0.269. The Labute approximate surface area is 179 Å². The summed E-state index contributed by atoms with van der Waals surface area (Å²) in [5.41, 5.74) is 4.30. The van der Waals surface area contributed by atoms with E-state index in [1.54, 1.807) is 4.90 Å². The maximum Gasteiger partial charge on any atom is 0.409 e. The zero-order valence-corrected chi connectivity index (χ0v) is 17.3. The maximum atomic E-state index is 12.6. The van der Waals surface area contributed by atoms with Crippen LogP contribution in [0.3, 0.4) is 0 Å². The van der Waals surface area contributed by atoms with Crippen LogP contribution in [0.25, 0.3) is 33.1 Å². The molecule has 3 heterocycles. The zero-order valence-electron chi connectivity index (χ0n) is 17.3. The summed E-state index contributed by atoms with van der Waals surface area (Å²) in [6, 6.07) is 18.2. The van der Waals surface area contributed by atoms with E-state index in [0.717, 1.165) is 39.5 Å². The number of carbonyl (C=O) groups excluding carboxylic acids is 1. The summed E-state index contributed by atoms with van der Waals surface area (Å²) < 4.78 is 4.80. The first-order chi connectivity index (χ1) is 15.1. The molecule has 3 N–H and O–H groups in total. The van der Waals surface area contributed by atoms with Crippen LogP contribution >= 0.6 is 0 Å². The van der Waals surface area contributed by atoms with Crippen LogP contribution in [0.1, 0.15) is 12.0 Å². The molecular formula is C24H24N4O3.